The molecule has 4 N–H and O–H groups in total. The highest BCUT2D eigenvalue weighted by molar-refractivity contribution is 5.91. The number of carbonyl (C=O) groups excluding carboxylic acids is 1. The van der Waals surface area contributed by atoms with Gasteiger partial charge in [-0.05, 0) is 37.0 Å². The fourth-order valence-corrected chi connectivity index (χ4v) is 2.37. The SMILES string of the molecule is CCC(CNC(=O)C1(c2ccc(N)cc2)CC1)C(=O)O. The van der Waals surface area contributed by atoms with E-state index in [2.05, 4.69) is 5.32 Å². The second-order valence-electron chi connectivity index (χ2n) is 5.36. The molecule has 1 aliphatic carbocycles. The summed E-state index contributed by atoms with van der Waals surface area (Å²) in [5.41, 5.74) is 6.79. The van der Waals surface area contributed by atoms with Crippen LogP contribution in [0.2, 0.25) is 0 Å². The molecule has 1 aromatic rings. The van der Waals surface area contributed by atoms with Gasteiger partial charge in [0, 0.05) is 12.2 Å². The number of carbonyl (C=O) groups is 2. The van der Waals surface area contributed by atoms with Crippen LogP contribution in [0.15, 0.2) is 24.3 Å². The number of benzene rings is 1. The summed E-state index contributed by atoms with van der Waals surface area (Å²) in [6, 6.07) is 7.32. The molecule has 1 amide bonds. The fraction of sp³-hybridized carbons (Fsp3) is 0.467. The molecule has 2 rings (SSSR count). The molecule has 1 aromatic carbocycles. The number of aliphatic carboxylic acids is 1. The molecule has 1 aliphatic rings. The molecule has 108 valence electrons. The van der Waals surface area contributed by atoms with Gasteiger partial charge in [-0.25, -0.2) is 0 Å². The van der Waals surface area contributed by atoms with Gasteiger partial charge in [0.15, 0.2) is 0 Å². The third-order valence-corrected chi connectivity index (χ3v) is 4.00. The first kappa shape index (κ1) is 14.4. The van der Waals surface area contributed by atoms with E-state index in [0.29, 0.717) is 12.1 Å². The van der Waals surface area contributed by atoms with Crippen LogP contribution in [-0.4, -0.2) is 23.5 Å². The Morgan fingerprint density at radius 3 is 2.40 bits per heavy atom. The summed E-state index contributed by atoms with van der Waals surface area (Å²) >= 11 is 0. The number of nitrogens with one attached hydrogen (secondary N) is 1. The summed E-state index contributed by atoms with van der Waals surface area (Å²) in [6.07, 6.45) is 2.10. The first-order valence-corrected chi connectivity index (χ1v) is 6.86. The van der Waals surface area contributed by atoms with Crippen molar-refractivity contribution in [3.63, 3.8) is 0 Å². The van der Waals surface area contributed by atoms with Gasteiger partial charge in [-0.15, -0.1) is 0 Å². The summed E-state index contributed by atoms with van der Waals surface area (Å²) < 4.78 is 0. The van der Waals surface area contributed by atoms with Gasteiger partial charge >= 0.3 is 5.97 Å². The second-order valence-corrected chi connectivity index (χ2v) is 5.36. The molecule has 0 saturated heterocycles. The van der Waals surface area contributed by atoms with Gasteiger partial charge in [-0.2, -0.15) is 0 Å². The number of hydrogen-bond donors (Lipinski definition) is 3. The van der Waals surface area contributed by atoms with Crippen LogP contribution in [-0.2, 0) is 15.0 Å². The molecule has 5 nitrogen and oxygen atoms in total. The topological polar surface area (TPSA) is 92.4 Å². The summed E-state index contributed by atoms with van der Waals surface area (Å²) in [6.45, 7) is 1.99. The van der Waals surface area contributed by atoms with Gasteiger partial charge in [-0.3, -0.25) is 9.59 Å². The highest BCUT2D eigenvalue weighted by Gasteiger charge is 2.51. The average Bonchev–Trinajstić information content (AvgIpc) is 3.21. The molecular weight excluding hydrogens is 256 g/mol. The smallest absolute Gasteiger partial charge is 0.308 e. The van der Waals surface area contributed by atoms with Gasteiger partial charge in [0.05, 0.1) is 11.3 Å². The third-order valence-electron chi connectivity index (χ3n) is 4.00. The number of rotatable bonds is 6. The lowest BCUT2D eigenvalue weighted by Crippen LogP contribution is -2.39. The van der Waals surface area contributed by atoms with E-state index in [0.717, 1.165) is 18.4 Å². The molecule has 0 bridgehead atoms. The molecule has 0 heterocycles. The summed E-state index contributed by atoms with van der Waals surface area (Å²) in [4.78, 5) is 23.3. The maximum atomic E-state index is 12.3. The Balaban J connectivity index is 2.02. The lowest BCUT2D eigenvalue weighted by atomic mass is 9.94. The maximum absolute atomic E-state index is 12.3. The molecule has 1 atom stereocenters. The van der Waals surface area contributed by atoms with Crippen molar-refractivity contribution in [2.75, 3.05) is 12.3 Å². The fourth-order valence-electron chi connectivity index (χ4n) is 2.37. The first-order valence-electron chi connectivity index (χ1n) is 6.86. The van der Waals surface area contributed by atoms with Gasteiger partial charge in [-0.1, -0.05) is 19.1 Å². The van der Waals surface area contributed by atoms with Crippen LogP contribution >= 0.6 is 0 Å². The van der Waals surface area contributed by atoms with E-state index in [1.165, 1.54) is 0 Å². The lowest BCUT2D eigenvalue weighted by Gasteiger charge is -2.18. The molecule has 20 heavy (non-hydrogen) atoms. The van der Waals surface area contributed by atoms with Crippen molar-refractivity contribution in [2.45, 2.75) is 31.6 Å². The molecule has 1 unspecified atom stereocenters. The number of nitrogens with two attached hydrogens (primary N) is 1. The first-order chi connectivity index (χ1) is 9.49. The van der Waals surface area contributed by atoms with Crippen molar-refractivity contribution in [3.05, 3.63) is 29.8 Å². The summed E-state index contributed by atoms with van der Waals surface area (Å²) in [5, 5.41) is 11.8. The zero-order valence-electron chi connectivity index (χ0n) is 11.6. The molecular formula is C15H20N2O3. The van der Waals surface area contributed by atoms with E-state index in [9.17, 15) is 9.59 Å². The van der Waals surface area contributed by atoms with Crippen LogP contribution < -0.4 is 11.1 Å². The van der Waals surface area contributed by atoms with Crippen molar-refractivity contribution < 1.29 is 14.7 Å². The van der Waals surface area contributed by atoms with Gasteiger partial charge in [0.25, 0.3) is 0 Å². The molecule has 0 aromatic heterocycles. The average molecular weight is 276 g/mol. The number of carboxylic acid groups (broad SMARTS) is 1. The van der Waals surface area contributed by atoms with E-state index >= 15 is 0 Å². The van der Waals surface area contributed by atoms with Crippen LogP contribution in [0.1, 0.15) is 31.7 Å². The number of amides is 1. The molecule has 1 fully saturated rings. The Bertz CT molecular complexity index is 506. The predicted octanol–water partition coefficient (Wildman–Crippen LogP) is 1.53. The minimum Gasteiger partial charge on any atom is -0.481 e. The summed E-state index contributed by atoms with van der Waals surface area (Å²) in [7, 11) is 0. The van der Waals surface area contributed by atoms with Crippen molar-refractivity contribution in [1.29, 1.82) is 0 Å². The zero-order chi connectivity index (χ0) is 14.8. The van der Waals surface area contributed by atoms with Crippen LogP contribution in [0.5, 0.6) is 0 Å². The molecule has 5 heteroatoms. The van der Waals surface area contributed by atoms with E-state index in [-0.39, 0.29) is 12.5 Å². The number of anilines is 1. The predicted molar refractivity (Wildman–Crippen MR) is 76.2 cm³/mol. The Kier molecular flexibility index (Phi) is 3.97. The molecule has 0 spiro atoms. The maximum Gasteiger partial charge on any atom is 0.308 e. The Morgan fingerprint density at radius 2 is 1.95 bits per heavy atom. The van der Waals surface area contributed by atoms with Crippen molar-refractivity contribution in [2.24, 2.45) is 5.92 Å². The van der Waals surface area contributed by atoms with Crippen LogP contribution in [0.3, 0.4) is 0 Å². The lowest BCUT2D eigenvalue weighted by molar-refractivity contribution is -0.141. The van der Waals surface area contributed by atoms with Crippen molar-refractivity contribution in [3.8, 4) is 0 Å². The number of hydrogen-bond acceptors (Lipinski definition) is 3. The summed E-state index contributed by atoms with van der Waals surface area (Å²) in [5.74, 6) is -1.48. The van der Waals surface area contributed by atoms with Crippen LogP contribution in [0.4, 0.5) is 5.69 Å². The standard InChI is InChI=1S/C15H20N2O3/c1-2-10(13(18)19)9-17-14(20)15(7-8-15)11-3-5-12(16)6-4-11/h3-6,10H,2,7-9,16H2,1H3,(H,17,20)(H,18,19). The minimum atomic E-state index is -0.870. The number of carboxylic acids is 1. The molecule has 0 radical (unpaired) electrons. The Hall–Kier alpha value is -2.04. The third kappa shape index (κ3) is 2.76. The largest absolute Gasteiger partial charge is 0.481 e. The zero-order valence-corrected chi connectivity index (χ0v) is 11.6. The van der Waals surface area contributed by atoms with Gasteiger partial charge in [0.1, 0.15) is 0 Å². The van der Waals surface area contributed by atoms with Crippen molar-refractivity contribution in [1.82, 2.24) is 5.32 Å². The monoisotopic (exact) mass is 276 g/mol. The van der Waals surface area contributed by atoms with E-state index in [4.69, 9.17) is 10.8 Å². The molecule has 0 aliphatic heterocycles. The molecule has 1 saturated carbocycles. The van der Waals surface area contributed by atoms with E-state index in [1.807, 2.05) is 12.1 Å². The van der Waals surface area contributed by atoms with E-state index in [1.54, 1.807) is 19.1 Å². The Morgan fingerprint density at radius 1 is 1.35 bits per heavy atom. The number of nitrogen functional groups attached to an aromatic ring is 1. The second kappa shape index (κ2) is 5.53. The van der Waals surface area contributed by atoms with Crippen LogP contribution in [0.25, 0.3) is 0 Å². The quantitative estimate of drug-likeness (QED) is 0.687. The normalized spacial score (nSPS) is 17.2. The van der Waals surface area contributed by atoms with Gasteiger partial charge < -0.3 is 16.2 Å². The minimum absolute atomic E-state index is 0.0815. The van der Waals surface area contributed by atoms with Crippen LogP contribution in [0, 0.1) is 5.92 Å². The van der Waals surface area contributed by atoms with Crippen molar-refractivity contribution >= 4 is 17.6 Å². The Labute approximate surface area is 118 Å². The highest BCUT2D eigenvalue weighted by Crippen LogP contribution is 2.48. The van der Waals surface area contributed by atoms with Gasteiger partial charge in [0.2, 0.25) is 5.91 Å². The van der Waals surface area contributed by atoms with E-state index < -0.39 is 17.3 Å². The highest BCUT2D eigenvalue weighted by atomic mass is 16.4.